The molecule has 1 saturated heterocycles. The lowest BCUT2D eigenvalue weighted by Crippen LogP contribution is -2.48. The minimum atomic E-state index is 0.125. The molecule has 1 aromatic carbocycles. The van der Waals surface area contributed by atoms with Crippen LogP contribution in [0.3, 0.4) is 0 Å². The predicted octanol–water partition coefficient (Wildman–Crippen LogP) is 2.03. The van der Waals surface area contributed by atoms with Gasteiger partial charge >= 0.3 is 0 Å². The second kappa shape index (κ2) is 8.31. The molecule has 150 valence electrons. The maximum Gasteiger partial charge on any atom is 0.254 e. The van der Waals surface area contributed by atoms with Gasteiger partial charge in [0.15, 0.2) is 0 Å². The first kappa shape index (κ1) is 18.9. The maximum atomic E-state index is 12.9. The zero-order valence-electron chi connectivity index (χ0n) is 17.0. The van der Waals surface area contributed by atoms with Gasteiger partial charge in [-0.05, 0) is 31.0 Å². The van der Waals surface area contributed by atoms with E-state index >= 15 is 0 Å². The molecule has 2 aliphatic heterocycles. The molecule has 0 saturated carbocycles. The maximum absolute atomic E-state index is 12.9. The van der Waals surface area contributed by atoms with E-state index in [0.29, 0.717) is 0 Å². The molecule has 7 heteroatoms. The predicted molar refractivity (Wildman–Crippen MR) is 110 cm³/mol. The summed E-state index contributed by atoms with van der Waals surface area (Å²) in [5, 5.41) is 8.85. The average molecular weight is 383 g/mol. The topological polar surface area (TPSA) is 57.5 Å². The minimum absolute atomic E-state index is 0.125. The Balaban J connectivity index is 1.35. The van der Waals surface area contributed by atoms with Gasteiger partial charge < -0.3 is 14.4 Å². The van der Waals surface area contributed by atoms with Crippen LogP contribution in [0.1, 0.15) is 41.3 Å². The van der Waals surface area contributed by atoms with Crippen LogP contribution in [0.25, 0.3) is 0 Å². The molecule has 1 fully saturated rings. The fourth-order valence-electron chi connectivity index (χ4n) is 4.07. The van der Waals surface area contributed by atoms with Crippen molar-refractivity contribution >= 4 is 11.6 Å². The summed E-state index contributed by atoms with van der Waals surface area (Å²) >= 11 is 0. The number of benzene rings is 1. The van der Waals surface area contributed by atoms with Crippen LogP contribution >= 0.6 is 0 Å². The third kappa shape index (κ3) is 4.04. The van der Waals surface area contributed by atoms with Crippen LogP contribution in [0.2, 0.25) is 0 Å². The number of hydrogen-bond donors (Lipinski definition) is 0. The Labute approximate surface area is 166 Å². The molecule has 0 bridgehead atoms. The molecule has 0 N–H and O–H groups in total. The largest absolute Gasteiger partial charge is 0.378 e. The van der Waals surface area contributed by atoms with Crippen LogP contribution in [0.15, 0.2) is 24.3 Å². The van der Waals surface area contributed by atoms with E-state index in [0.717, 1.165) is 68.6 Å². The summed E-state index contributed by atoms with van der Waals surface area (Å²) in [6.07, 6.45) is 4.75. The van der Waals surface area contributed by atoms with Crippen LogP contribution in [0.5, 0.6) is 0 Å². The third-order valence-electron chi connectivity index (χ3n) is 5.82. The number of anilines is 1. The van der Waals surface area contributed by atoms with Crippen molar-refractivity contribution in [3.8, 4) is 0 Å². The van der Waals surface area contributed by atoms with Gasteiger partial charge in [0.25, 0.3) is 5.91 Å². The number of rotatable bonds is 4. The van der Waals surface area contributed by atoms with E-state index in [1.165, 1.54) is 19.3 Å². The van der Waals surface area contributed by atoms with Gasteiger partial charge in [0, 0.05) is 64.5 Å². The average Bonchev–Trinajstić information content (AvgIpc) is 2.94. The van der Waals surface area contributed by atoms with Crippen LogP contribution in [-0.4, -0.2) is 70.7 Å². The molecule has 0 spiro atoms. The van der Waals surface area contributed by atoms with Crippen molar-refractivity contribution in [1.82, 2.24) is 24.6 Å². The van der Waals surface area contributed by atoms with Crippen LogP contribution in [-0.2, 0) is 19.5 Å². The van der Waals surface area contributed by atoms with Crippen molar-refractivity contribution in [2.45, 2.75) is 38.8 Å². The number of carbonyl (C=O) groups is 1. The molecule has 1 aromatic heterocycles. The lowest BCUT2D eigenvalue weighted by atomic mass is 10.1. The van der Waals surface area contributed by atoms with Crippen LogP contribution < -0.4 is 4.90 Å². The Morgan fingerprint density at radius 1 is 1.04 bits per heavy atom. The normalized spacial score (nSPS) is 17.9. The SMILES string of the molecule is CN(C)c1cccc(C(=O)N2CCN(Cc3nnc4n3CCCCC4)CC2)c1. The molecule has 2 aliphatic rings. The first-order valence-corrected chi connectivity index (χ1v) is 10.3. The number of hydrogen-bond acceptors (Lipinski definition) is 5. The van der Waals surface area contributed by atoms with E-state index in [1.807, 2.05) is 48.2 Å². The fraction of sp³-hybridized carbons (Fsp3) is 0.571. The van der Waals surface area contributed by atoms with Gasteiger partial charge in [-0.3, -0.25) is 9.69 Å². The monoisotopic (exact) mass is 382 g/mol. The van der Waals surface area contributed by atoms with E-state index in [1.54, 1.807) is 0 Å². The van der Waals surface area contributed by atoms with Gasteiger partial charge in [-0.2, -0.15) is 0 Å². The number of fused-ring (bicyclic) bond motifs is 1. The Kier molecular flexibility index (Phi) is 5.62. The van der Waals surface area contributed by atoms with Gasteiger partial charge in [0.2, 0.25) is 0 Å². The number of amides is 1. The fourth-order valence-corrected chi connectivity index (χ4v) is 4.07. The van der Waals surface area contributed by atoms with E-state index in [2.05, 4.69) is 19.7 Å². The summed E-state index contributed by atoms with van der Waals surface area (Å²) < 4.78 is 2.32. The summed E-state index contributed by atoms with van der Waals surface area (Å²) in [5.41, 5.74) is 1.82. The molecule has 0 radical (unpaired) electrons. The second-order valence-electron chi connectivity index (χ2n) is 8.01. The van der Waals surface area contributed by atoms with Crippen molar-refractivity contribution in [2.75, 3.05) is 45.2 Å². The van der Waals surface area contributed by atoms with Gasteiger partial charge in [-0.1, -0.05) is 12.5 Å². The standard InChI is InChI=1S/C21H30N6O/c1-24(2)18-8-6-7-17(15-18)21(28)26-13-11-25(12-14-26)16-20-23-22-19-9-4-3-5-10-27(19)20/h6-8,15H,3-5,9-14,16H2,1-2H3. The summed E-state index contributed by atoms with van der Waals surface area (Å²) in [7, 11) is 3.99. The highest BCUT2D eigenvalue weighted by atomic mass is 16.2. The first-order chi connectivity index (χ1) is 13.6. The quantitative estimate of drug-likeness (QED) is 0.810. The summed E-state index contributed by atoms with van der Waals surface area (Å²) in [6.45, 7) is 5.13. The summed E-state index contributed by atoms with van der Waals surface area (Å²) in [5.74, 6) is 2.34. The van der Waals surface area contributed by atoms with Crippen molar-refractivity contribution in [3.05, 3.63) is 41.5 Å². The summed E-state index contributed by atoms with van der Waals surface area (Å²) in [6, 6.07) is 7.86. The Bertz CT molecular complexity index is 822. The lowest BCUT2D eigenvalue weighted by Gasteiger charge is -2.34. The zero-order chi connectivity index (χ0) is 19.5. The number of aromatic nitrogens is 3. The number of piperazine rings is 1. The first-order valence-electron chi connectivity index (χ1n) is 10.3. The lowest BCUT2D eigenvalue weighted by molar-refractivity contribution is 0.0624. The van der Waals surface area contributed by atoms with E-state index in [-0.39, 0.29) is 5.91 Å². The van der Waals surface area contributed by atoms with Gasteiger partial charge in [-0.25, -0.2) is 0 Å². The highest BCUT2D eigenvalue weighted by Crippen LogP contribution is 2.18. The number of aryl methyl sites for hydroxylation is 1. The molecular formula is C21H30N6O. The number of carbonyl (C=O) groups excluding carboxylic acids is 1. The molecule has 1 amide bonds. The smallest absolute Gasteiger partial charge is 0.254 e. The Hall–Kier alpha value is -2.41. The summed E-state index contributed by atoms with van der Waals surface area (Å²) in [4.78, 5) is 19.3. The third-order valence-corrected chi connectivity index (χ3v) is 5.82. The second-order valence-corrected chi connectivity index (χ2v) is 8.01. The van der Waals surface area contributed by atoms with Gasteiger partial charge in [0.05, 0.1) is 6.54 Å². The highest BCUT2D eigenvalue weighted by molar-refractivity contribution is 5.95. The molecular weight excluding hydrogens is 352 g/mol. The van der Waals surface area contributed by atoms with Crippen molar-refractivity contribution in [1.29, 1.82) is 0 Å². The van der Waals surface area contributed by atoms with Crippen molar-refractivity contribution < 1.29 is 4.79 Å². The van der Waals surface area contributed by atoms with E-state index in [4.69, 9.17) is 0 Å². The minimum Gasteiger partial charge on any atom is -0.378 e. The zero-order valence-corrected chi connectivity index (χ0v) is 17.0. The van der Waals surface area contributed by atoms with E-state index < -0.39 is 0 Å². The van der Waals surface area contributed by atoms with Crippen LogP contribution in [0.4, 0.5) is 5.69 Å². The molecule has 4 rings (SSSR count). The molecule has 3 heterocycles. The van der Waals surface area contributed by atoms with Crippen molar-refractivity contribution in [2.24, 2.45) is 0 Å². The molecule has 0 aliphatic carbocycles. The van der Waals surface area contributed by atoms with E-state index in [9.17, 15) is 4.79 Å². The van der Waals surface area contributed by atoms with Crippen molar-refractivity contribution in [3.63, 3.8) is 0 Å². The molecule has 28 heavy (non-hydrogen) atoms. The number of nitrogens with zero attached hydrogens (tertiary/aromatic N) is 6. The molecule has 0 atom stereocenters. The highest BCUT2D eigenvalue weighted by Gasteiger charge is 2.24. The van der Waals surface area contributed by atoms with Crippen LogP contribution in [0, 0.1) is 0 Å². The Morgan fingerprint density at radius 2 is 1.86 bits per heavy atom. The van der Waals surface area contributed by atoms with Gasteiger partial charge in [-0.15, -0.1) is 10.2 Å². The molecule has 0 unspecified atom stereocenters. The Morgan fingerprint density at radius 3 is 2.64 bits per heavy atom. The van der Waals surface area contributed by atoms with Gasteiger partial charge in [0.1, 0.15) is 11.6 Å². The molecule has 2 aromatic rings. The molecule has 7 nitrogen and oxygen atoms in total.